The number of methoxy groups -OCH3 is 2. The first kappa shape index (κ1) is 23.3. The summed E-state index contributed by atoms with van der Waals surface area (Å²) in [5, 5.41) is 6.49. The Morgan fingerprint density at radius 3 is 2.34 bits per heavy atom. The average molecular weight is 454 g/mol. The van der Waals surface area contributed by atoms with Crippen molar-refractivity contribution in [3.8, 4) is 22.1 Å². The number of benzene rings is 2. The van der Waals surface area contributed by atoms with Gasteiger partial charge in [0.15, 0.2) is 11.5 Å². The summed E-state index contributed by atoms with van der Waals surface area (Å²) in [6.07, 6.45) is 0.301. The number of nitrogens with one attached hydrogen (secondary N) is 2. The molecule has 0 bridgehead atoms. The van der Waals surface area contributed by atoms with E-state index in [1.807, 2.05) is 51.1 Å². The third-order valence-electron chi connectivity index (χ3n) is 4.66. The molecule has 3 aromatic rings. The smallest absolute Gasteiger partial charge is 0.267 e. The molecule has 2 amide bonds. The lowest BCUT2D eigenvalue weighted by Crippen LogP contribution is -2.31. The summed E-state index contributed by atoms with van der Waals surface area (Å²) in [4.78, 5) is 29.8. The Hall–Kier alpha value is -3.39. The minimum absolute atomic E-state index is 0.0280. The third-order valence-corrected chi connectivity index (χ3v) is 5.86. The molecule has 0 radical (unpaired) electrons. The highest BCUT2D eigenvalue weighted by Gasteiger charge is 2.18. The Morgan fingerprint density at radius 2 is 1.72 bits per heavy atom. The topological polar surface area (TPSA) is 89.5 Å². The molecule has 0 aliphatic heterocycles. The van der Waals surface area contributed by atoms with Crippen molar-refractivity contribution in [2.45, 2.75) is 33.2 Å². The summed E-state index contributed by atoms with van der Waals surface area (Å²) >= 11 is 1.32. The first-order valence-electron chi connectivity index (χ1n) is 10.2. The molecular formula is C24H27N3O4S. The van der Waals surface area contributed by atoms with Gasteiger partial charge < -0.3 is 20.1 Å². The van der Waals surface area contributed by atoms with E-state index in [-0.39, 0.29) is 17.9 Å². The number of aromatic nitrogens is 1. The molecule has 0 aliphatic carbocycles. The molecule has 32 heavy (non-hydrogen) atoms. The maximum absolute atomic E-state index is 12.8. The summed E-state index contributed by atoms with van der Waals surface area (Å²) in [6, 6.07) is 12.9. The Balaban J connectivity index is 1.71. The van der Waals surface area contributed by atoms with E-state index < -0.39 is 0 Å². The van der Waals surface area contributed by atoms with Gasteiger partial charge in [0.05, 0.1) is 26.3 Å². The van der Waals surface area contributed by atoms with Gasteiger partial charge in [-0.15, -0.1) is 11.3 Å². The maximum Gasteiger partial charge on any atom is 0.267 e. The van der Waals surface area contributed by atoms with Crippen LogP contribution in [0.25, 0.3) is 10.6 Å². The highest BCUT2D eigenvalue weighted by Crippen LogP contribution is 2.35. The van der Waals surface area contributed by atoms with Crippen LogP contribution in [0.3, 0.4) is 0 Å². The fourth-order valence-electron chi connectivity index (χ4n) is 3.15. The van der Waals surface area contributed by atoms with Crippen LogP contribution in [0.5, 0.6) is 11.5 Å². The van der Waals surface area contributed by atoms with E-state index in [2.05, 4.69) is 15.6 Å². The number of aryl methyl sites for hydroxylation is 1. The largest absolute Gasteiger partial charge is 0.493 e. The van der Waals surface area contributed by atoms with Crippen molar-refractivity contribution in [3.05, 3.63) is 58.6 Å². The quantitative estimate of drug-likeness (QED) is 0.526. The zero-order valence-corrected chi connectivity index (χ0v) is 19.6. The number of anilines is 1. The van der Waals surface area contributed by atoms with Crippen molar-refractivity contribution in [1.82, 2.24) is 10.3 Å². The van der Waals surface area contributed by atoms with Crippen LogP contribution in [0.1, 0.15) is 34.8 Å². The first-order chi connectivity index (χ1) is 15.3. The fraction of sp³-hybridized carbons (Fsp3) is 0.292. The molecule has 1 aromatic heterocycles. The third kappa shape index (κ3) is 5.64. The molecule has 0 aliphatic rings. The zero-order valence-electron chi connectivity index (χ0n) is 18.8. The lowest BCUT2D eigenvalue weighted by Gasteiger charge is -2.09. The molecule has 168 valence electrons. The first-order valence-corrected chi connectivity index (χ1v) is 11.0. The summed E-state index contributed by atoms with van der Waals surface area (Å²) in [6.45, 7) is 5.66. The van der Waals surface area contributed by atoms with E-state index in [0.29, 0.717) is 34.2 Å². The zero-order chi connectivity index (χ0) is 23.3. The minimum atomic E-state index is -0.225. The SMILES string of the molecule is COc1ccc(-c2nc(C)c(C(=O)Nc3ccc(CC(=O)NC(C)C)cc3)s2)cc1OC. The molecule has 3 rings (SSSR count). The summed E-state index contributed by atoms with van der Waals surface area (Å²) in [5.41, 5.74) is 3.03. The predicted molar refractivity (Wildman–Crippen MR) is 127 cm³/mol. The van der Waals surface area contributed by atoms with E-state index in [9.17, 15) is 9.59 Å². The molecule has 0 spiro atoms. The number of carbonyl (C=O) groups excluding carboxylic acids is 2. The lowest BCUT2D eigenvalue weighted by atomic mass is 10.1. The number of thiazole rings is 1. The molecule has 1 heterocycles. The van der Waals surface area contributed by atoms with Crippen LogP contribution >= 0.6 is 11.3 Å². The second-order valence-electron chi connectivity index (χ2n) is 7.55. The number of hydrogen-bond donors (Lipinski definition) is 2. The van der Waals surface area contributed by atoms with Gasteiger partial charge in [-0.3, -0.25) is 9.59 Å². The van der Waals surface area contributed by atoms with Gasteiger partial charge in [-0.05, 0) is 56.7 Å². The van der Waals surface area contributed by atoms with Crippen molar-refractivity contribution < 1.29 is 19.1 Å². The average Bonchev–Trinajstić information content (AvgIpc) is 3.15. The summed E-state index contributed by atoms with van der Waals surface area (Å²) < 4.78 is 10.6. The van der Waals surface area contributed by atoms with Gasteiger partial charge in [0.25, 0.3) is 5.91 Å². The highest BCUT2D eigenvalue weighted by atomic mass is 32.1. The lowest BCUT2D eigenvalue weighted by molar-refractivity contribution is -0.120. The number of ether oxygens (including phenoxy) is 2. The van der Waals surface area contributed by atoms with Crippen LogP contribution < -0.4 is 20.1 Å². The van der Waals surface area contributed by atoms with Gasteiger partial charge in [-0.1, -0.05) is 12.1 Å². The number of amides is 2. The minimum Gasteiger partial charge on any atom is -0.493 e. The number of carbonyl (C=O) groups is 2. The molecule has 0 fully saturated rings. The van der Waals surface area contributed by atoms with E-state index >= 15 is 0 Å². The summed E-state index contributed by atoms with van der Waals surface area (Å²) in [5.74, 6) is 0.982. The van der Waals surface area contributed by atoms with Crippen LogP contribution in [-0.2, 0) is 11.2 Å². The Bertz CT molecular complexity index is 1110. The van der Waals surface area contributed by atoms with E-state index in [1.54, 1.807) is 26.4 Å². The fourth-order valence-corrected chi connectivity index (χ4v) is 4.11. The van der Waals surface area contributed by atoms with Crippen LogP contribution in [0, 0.1) is 6.92 Å². The van der Waals surface area contributed by atoms with E-state index in [0.717, 1.165) is 16.1 Å². The van der Waals surface area contributed by atoms with Gasteiger partial charge in [-0.25, -0.2) is 4.98 Å². The predicted octanol–water partition coefficient (Wildman–Crippen LogP) is 4.46. The van der Waals surface area contributed by atoms with Crippen molar-refractivity contribution in [3.63, 3.8) is 0 Å². The van der Waals surface area contributed by atoms with Gasteiger partial charge in [0, 0.05) is 17.3 Å². The molecular weight excluding hydrogens is 426 g/mol. The second kappa shape index (κ2) is 10.3. The monoisotopic (exact) mass is 453 g/mol. The van der Waals surface area contributed by atoms with E-state index in [4.69, 9.17) is 9.47 Å². The van der Waals surface area contributed by atoms with Gasteiger partial charge >= 0.3 is 0 Å². The molecule has 0 unspecified atom stereocenters. The van der Waals surface area contributed by atoms with Crippen molar-refractivity contribution >= 4 is 28.8 Å². The number of nitrogens with zero attached hydrogens (tertiary/aromatic N) is 1. The Kier molecular flexibility index (Phi) is 7.48. The van der Waals surface area contributed by atoms with Gasteiger partial charge in [0.1, 0.15) is 9.88 Å². The maximum atomic E-state index is 12.8. The normalized spacial score (nSPS) is 10.7. The molecule has 0 saturated carbocycles. The van der Waals surface area contributed by atoms with Crippen LogP contribution in [0.15, 0.2) is 42.5 Å². The standard InChI is InChI=1S/C24H27N3O4S/c1-14(2)25-21(28)12-16-6-9-18(10-7-16)27-23(29)22-15(3)26-24(32-22)17-8-11-19(30-4)20(13-17)31-5/h6-11,13-14H,12H2,1-5H3,(H,25,28)(H,27,29). The van der Waals surface area contributed by atoms with Crippen molar-refractivity contribution in [2.75, 3.05) is 19.5 Å². The van der Waals surface area contributed by atoms with Gasteiger partial charge in [0.2, 0.25) is 5.91 Å². The molecule has 8 heteroatoms. The van der Waals surface area contributed by atoms with Gasteiger partial charge in [-0.2, -0.15) is 0 Å². The van der Waals surface area contributed by atoms with Crippen LogP contribution in [-0.4, -0.2) is 37.1 Å². The molecule has 0 atom stereocenters. The second-order valence-corrected chi connectivity index (χ2v) is 8.55. The van der Waals surface area contributed by atoms with Crippen molar-refractivity contribution in [1.29, 1.82) is 0 Å². The number of rotatable bonds is 8. The van der Waals surface area contributed by atoms with Crippen molar-refractivity contribution in [2.24, 2.45) is 0 Å². The molecule has 2 N–H and O–H groups in total. The highest BCUT2D eigenvalue weighted by molar-refractivity contribution is 7.17. The molecule has 0 saturated heterocycles. The number of hydrogen-bond acceptors (Lipinski definition) is 6. The molecule has 2 aromatic carbocycles. The van der Waals surface area contributed by atoms with E-state index in [1.165, 1.54) is 11.3 Å². The van der Waals surface area contributed by atoms with Crippen LogP contribution in [0.2, 0.25) is 0 Å². The molecule has 7 nitrogen and oxygen atoms in total. The van der Waals surface area contributed by atoms with Crippen LogP contribution in [0.4, 0.5) is 5.69 Å². The Morgan fingerprint density at radius 1 is 1.03 bits per heavy atom. The Labute approximate surface area is 191 Å². The summed E-state index contributed by atoms with van der Waals surface area (Å²) in [7, 11) is 3.16.